The van der Waals surface area contributed by atoms with Crippen LogP contribution >= 0.6 is 0 Å². The van der Waals surface area contributed by atoms with E-state index in [0.29, 0.717) is 5.41 Å². The van der Waals surface area contributed by atoms with Crippen molar-refractivity contribution in [2.45, 2.75) is 58.2 Å². The van der Waals surface area contributed by atoms with Gasteiger partial charge in [-0.25, -0.2) is 4.98 Å². The van der Waals surface area contributed by atoms with Crippen molar-refractivity contribution in [3.8, 4) is 0 Å². The molecule has 1 aromatic rings. The van der Waals surface area contributed by atoms with E-state index in [1.807, 2.05) is 12.5 Å². The van der Waals surface area contributed by atoms with Crippen molar-refractivity contribution in [3.05, 3.63) is 18.2 Å². The van der Waals surface area contributed by atoms with Gasteiger partial charge in [0.25, 0.3) is 0 Å². The van der Waals surface area contributed by atoms with E-state index in [1.54, 1.807) is 0 Å². The number of hydrogen-bond donors (Lipinski definition) is 1. The van der Waals surface area contributed by atoms with Gasteiger partial charge < -0.3 is 9.88 Å². The largest absolute Gasteiger partial charge is 0.333 e. The third-order valence-corrected chi connectivity index (χ3v) is 4.06. The lowest BCUT2D eigenvalue weighted by Crippen LogP contribution is -2.31. The zero-order chi connectivity index (χ0) is 11.0. The fraction of sp³-hybridized carbons (Fsp3) is 0.769. The normalized spacial score (nSPS) is 23.1. The van der Waals surface area contributed by atoms with Gasteiger partial charge in [-0.3, -0.25) is 0 Å². The van der Waals surface area contributed by atoms with Gasteiger partial charge in [0.1, 0.15) is 0 Å². The molecule has 0 atom stereocenters. The molecular weight excluding hydrogens is 198 g/mol. The molecule has 0 spiro atoms. The topological polar surface area (TPSA) is 29.9 Å². The summed E-state index contributed by atoms with van der Waals surface area (Å²) in [6, 6.07) is 0.780. The second-order valence-electron chi connectivity index (χ2n) is 5.83. The summed E-state index contributed by atoms with van der Waals surface area (Å²) in [5, 5.41) is 3.56. The summed E-state index contributed by atoms with van der Waals surface area (Å²) in [5.74, 6) is 0. The molecule has 2 aliphatic carbocycles. The number of aromatic nitrogens is 2. The van der Waals surface area contributed by atoms with Gasteiger partial charge in [0.05, 0.1) is 12.0 Å². The molecule has 2 saturated carbocycles. The Morgan fingerprint density at radius 2 is 2.31 bits per heavy atom. The summed E-state index contributed by atoms with van der Waals surface area (Å²) in [6.07, 6.45) is 10.9. The van der Waals surface area contributed by atoms with E-state index in [-0.39, 0.29) is 0 Å². The smallest absolute Gasteiger partial charge is 0.0948 e. The molecule has 1 aromatic heterocycles. The molecule has 0 aromatic carbocycles. The zero-order valence-corrected chi connectivity index (χ0v) is 10.1. The summed E-state index contributed by atoms with van der Waals surface area (Å²) < 4.78 is 2.34. The Balaban J connectivity index is 1.61. The van der Waals surface area contributed by atoms with Crippen LogP contribution in [0.5, 0.6) is 0 Å². The Labute approximate surface area is 97.3 Å². The van der Waals surface area contributed by atoms with Crippen LogP contribution in [0.4, 0.5) is 0 Å². The molecule has 0 amide bonds. The second-order valence-corrected chi connectivity index (χ2v) is 5.83. The van der Waals surface area contributed by atoms with Crippen LogP contribution in [0.25, 0.3) is 0 Å². The van der Waals surface area contributed by atoms with Crippen LogP contribution < -0.4 is 5.32 Å². The van der Waals surface area contributed by atoms with Crippen LogP contribution in [-0.4, -0.2) is 15.6 Å². The van der Waals surface area contributed by atoms with E-state index in [9.17, 15) is 0 Å². The number of nitrogens with zero attached hydrogens (tertiary/aromatic N) is 2. The van der Waals surface area contributed by atoms with Crippen molar-refractivity contribution in [1.82, 2.24) is 14.9 Å². The number of hydrogen-bond acceptors (Lipinski definition) is 2. The van der Waals surface area contributed by atoms with Gasteiger partial charge in [-0.2, -0.15) is 0 Å². The van der Waals surface area contributed by atoms with Gasteiger partial charge in [-0.15, -0.1) is 0 Å². The lowest BCUT2D eigenvalue weighted by molar-refractivity contribution is 0.130. The highest BCUT2D eigenvalue weighted by atomic mass is 15.1. The average molecular weight is 219 g/mol. The fourth-order valence-electron chi connectivity index (χ4n) is 2.52. The standard InChI is InChI=1S/C13H21N3/c1-13(5-2-6-13)9-16-10-14-7-12(16)8-15-11-3-4-11/h7,10-11,15H,2-6,8-9H2,1H3. The van der Waals surface area contributed by atoms with E-state index in [0.717, 1.165) is 19.1 Å². The van der Waals surface area contributed by atoms with Crippen molar-refractivity contribution < 1.29 is 0 Å². The molecule has 0 aliphatic heterocycles. The first-order valence-corrected chi connectivity index (χ1v) is 6.48. The van der Waals surface area contributed by atoms with Gasteiger partial charge >= 0.3 is 0 Å². The van der Waals surface area contributed by atoms with Crippen LogP contribution in [0.3, 0.4) is 0 Å². The van der Waals surface area contributed by atoms with E-state index in [1.165, 1.54) is 37.8 Å². The van der Waals surface area contributed by atoms with Crippen molar-refractivity contribution in [2.24, 2.45) is 5.41 Å². The molecule has 3 heteroatoms. The maximum atomic E-state index is 4.29. The molecule has 2 fully saturated rings. The first kappa shape index (κ1) is 10.3. The van der Waals surface area contributed by atoms with E-state index >= 15 is 0 Å². The van der Waals surface area contributed by atoms with E-state index in [2.05, 4.69) is 21.8 Å². The van der Waals surface area contributed by atoms with E-state index in [4.69, 9.17) is 0 Å². The van der Waals surface area contributed by atoms with Crippen molar-refractivity contribution in [3.63, 3.8) is 0 Å². The van der Waals surface area contributed by atoms with Gasteiger partial charge in [-0.1, -0.05) is 13.3 Å². The summed E-state index contributed by atoms with van der Waals surface area (Å²) >= 11 is 0. The predicted octanol–water partition coefficient (Wildman–Crippen LogP) is 2.33. The lowest BCUT2D eigenvalue weighted by atomic mass is 9.70. The predicted molar refractivity (Wildman–Crippen MR) is 64.0 cm³/mol. The monoisotopic (exact) mass is 219 g/mol. The maximum absolute atomic E-state index is 4.29. The van der Waals surface area contributed by atoms with Crippen molar-refractivity contribution >= 4 is 0 Å². The first-order chi connectivity index (χ1) is 7.75. The maximum Gasteiger partial charge on any atom is 0.0948 e. The molecule has 88 valence electrons. The molecule has 1 N–H and O–H groups in total. The van der Waals surface area contributed by atoms with Gasteiger partial charge in [0.15, 0.2) is 0 Å². The Kier molecular flexibility index (Phi) is 2.51. The summed E-state index contributed by atoms with van der Waals surface area (Å²) in [7, 11) is 0. The van der Waals surface area contributed by atoms with Gasteiger partial charge in [-0.05, 0) is 31.1 Å². The van der Waals surface area contributed by atoms with Crippen molar-refractivity contribution in [1.29, 1.82) is 0 Å². The number of imidazole rings is 1. The highest BCUT2D eigenvalue weighted by molar-refractivity contribution is 5.01. The molecular formula is C13H21N3. The molecule has 0 bridgehead atoms. The highest BCUT2D eigenvalue weighted by Gasteiger charge is 2.32. The number of nitrogens with one attached hydrogen (secondary N) is 1. The summed E-state index contributed by atoms with van der Waals surface area (Å²) in [5.41, 5.74) is 1.88. The van der Waals surface area contributed by atoms with Crippen LogP contribution in [0, 0.1) is 5.41 Å². The molecule has 0 unspecified atom stereocenters. The van der Waals surface area contributed by atoms with Gasteiger partial charge in [0.2, 0.25) is 0 Å². The van der Waals surface area contributed by atoms with Gasteiger partial charge in [0, 0.05) is 25.3 Å². The molecule has 0 saturated heterocycles. The Morgan fingerprint density at radius 1 is 1.50 bits per heavy atom. The third kappa shape index (κ3) is 2.14. The summed E-state index contributed by atoms with van der Waals surface area (Å²) in [6.45, 7) is 4.53. The second kappa shape index (κ2) is 3.88. The Bertz CT molecular complexity index is 361. The Hall–Kier alpha value is -0.830. The van der Waals surface area contributed by atoms with E-state index < -0.39 is 0 Å². The molecule has 2 aliphatic rings. The molecule has 3 rings (SSSR count). The quantitative estimate of drug-likeness (QED) is 0.823. The highest BCUT2D eigenvalue weighted by Crippen LogP contribution is 2.41. The molecule has 0 radical (unpaired) electrons. The number of rotatable bonds is 5. The molecule has 16 heavy (non-hydrogen) atoms. The lowest BCUT2D eigenvalue weighted by Gasteiger charge is -2.39. The molecule has 1 heterocycles. The Morgan fingerprint density at radius 3 is 2.94 bits per heavy atom. The fourth-order valence-corrected chi connectivity index (χ4v) is 2.52. The van der Waals surface area contributed by atoms with Crippen LogP contribution in [0.2, 0.25) is 0 Å². The third-order valence-electron chi connectivity index (χ3n) is 4.06. The SMILES string of the molecule is CC1(Cn2cncc2CNC2CC2)CCC1. The van der Waals surface area contributed by atoms with Crippen LogP contribution in [0.15, 0.2) is 12.5 Å². The average Bonchev–Trinajstić information content (AvgIpc) is 2.95. The minimum Gasteiger partial charge on any atom is -0.333 e. The minimum atomic E-state index is 0.537. The van der Waals surface area contributed by atoms with Crippen LogP contribution in [0.1, 0.15) is 44.7 Å². The zero-order valence-electron chi connectivity index (χ0n) is 10.1. The first-order valence-electron chi connectivity index (χ1n) is 6.48. The van der Waals surface area contributed by atoms with Crippen molar-refractivity contribution in [2.75, 3.05) is 0 Å². The summed E-state index contributed by atoms with van der Waals surface area (Å²) in [4.78, 5) is 4.29. The van der Waals surface area contributed by atoms with Crippen LogP contribution in [-0.2, 0) is 13.1 Å². The molecule has 3 nitrogen and oxygen atoms in total. The minimum absolute atomic E-state index is 0.537.